The third-order valence-corrected chi connectivity index (χ3v) is 2.50. The van der Waals surface area contributed by atoms with Gasteiger partial charge in [-0.3, -0.25) is 9.59 Å². The summed E-state index contributed by atoms with van der Waals surface area (Å²) < 4.78 is 0. The van der Waals surface area contributed by atoms with Gasteiger partial charge in [0.05, 0.1) is 6.54 Å². The third kappa shape index (κ3) is 2.45. The number of amides is 2. The lowest BCUT2D eigenvalue weighted by Crippen LogP contribution is -2.19. The van der Waals surface area contributed by atoms with E-state index in [0.717, 1.165) is 11.1 Å². The van der Waals surface area contributed by atoms with E-state index < -0.39 is 0 Å². The number of carbonyl (C=O) groups excluding carboxylic acids is 2. The highest BCUT2D eigenvalue weighted by Crippen LogP contribution is 2.18. The van der Waals surface area contributed by atoms with E-state index in [4.69, 9.17) is 0 Å². The van der Waals surface area contributed by atoms with Gasteiger partial charge in [0.15, 0.2) is 0 Å². The van der Waals surface area contributed by atoms with Crippen molar-refractivity contribution < 1.29 is 9.59 Å². The van der Waals surface area contributed by atoms with Crippen molar-refractivity contribution in [2.75, 3.05) is 6.54 Å². The van der Waals surface area contributed by atoms with E-state index in [1.807, 2.05) is 12.1 Å². The molecule has 1 aromatic carbocycles. The van der Waals surface area contributed by atoms with E-state index in [9.17, 15) is 9.59 Å². The molecule has 0 saturated carbocycles. The summed E-state index contributed by atoms with van der Waals surface area (Å²) in [4.78, 5) is 22.1. The van der Waals surface area contributed by atoms with Crippen LogP contribution in [0.1, 0.15) is 28.4 Å². The van der Waals surface area contributed by atoms with Crippen LogP contribution in [0.2, 0.25) is 0 Å². The molecule has 0 fully saturated rings. The van der Waals surface area contributed by atoms with E-state index in [0.29, 0.717) is 18.7 Å². The molecule has 17 heavy (non-hydrogen) atoms. The van der Waals surface area contributed by atoms with Crippen molar-refractivity contribution in [3.05, 3.63) is 34.9 Å². The molecule has 2 amide bonds. The molecular formula is C13H12N2O2. The molecule has 0 aliphatic carbocycles. The Kier molecular flexibility index (Phi) is 3.10. The van der Waals surface area contributed by atoms with Crippen molar-refractivity contribution in [1.29, 1.82) is 0 Å². The maximum absolute atomic E-state index is 11.4. The first-order chi connectivity index (χ1) is 8.18. The monoisotopic (exact) mass is 228 g/mol. The molecule has 0 unspecified atom stereocenters. The molecule has 2 N–H and O–H groups in total. The minimum atomic E-state index is -0.102. The minimum absolute atomic E-state index is 0.0505. The van der Waals surface area contributed by atoms with Crippen LogP contribution in [0.3, 0.4) is 0 Å². The van der Waals surface area contributed by atoms with Gasteiger partial charge in [-0.05, 0) is 17.7 Å². The summed E-state index contributed by atoms with van der Waals surface area (Å²) >= 11 is 0. The van der Waals surface area contributed by atoms with Crippen molar-refractivity contribution in [3.63, 3.8) is 0 Å². The molecule has 4 heteroatoms. The Balaban J connectivity index is 2.17. The number of hydrogen-bond donors (Lipinski definition) is 2. The predicted octanol–water partition coefficient (Wildman–Crippen LogP) is 0.418. The molecule has 4 nitrogen and oxygen atoms in total. The molecular weight excluding hydrogens is 216 g/mol. The fraction of sp³-hybridized carbons (Fsp3) is 0.231. The molecule has 86 valence electrons. The van der Waals surface area contributed by atoms with Crippen LogP contribution in [0, 0.1) is 11.8 Å². The number of nitrogens with one attached hydrogen (secondary N) is 2. The summed E-state index contributed by atoms with van der Waals surface area (Å²) in [6.45, 7) is 2.30. The normalized spacial score (nSPS) is 12.2. The standard InChI is InChI=1S/C13H12N2O2/c1-9(16)14-7-3-5-10-4-2-6-11-12(10)8-15-13(11)17/h2,4,6H,7-8H2,1H3,(H,14,16)(H,15,17). The van der Waals surface area contributed by atoms with Crippen LogP contribution in [0.15, 0.2) is 18.2 Å². The number of benzene rings is 1. The molecule has 0 spiro atoms. The van der Waals surface area contributed by atoms with Gasteiger partial charge >= 0.3 is 0 Å². The Hall–Kier alpha value is -2.28. The van der Waals surface area contributed by atoms with Gasteiger partial charge < -0.3 is 10.6 Å². The van der Waals surface area contributed by atoms with E-state index in [1.165, 1.54) is 6.92 Å². The quantitative estimate of drug-likeness (QED) is 0.684. The first-order valence-corrected chi connectivity index (χ1v) is 5.32. The largest absolute Gasteiger partial charge is 0.348 e. The fourth-order valence-electron chi connectivity index (χ4n) is 1.68. The zero-order valence-corrected chi connectivity index (χ0v) is 9.46. The van der Waals surface area contributed by atoms with Crippen molar-refractivity contribution in [1.82, 2.24) is 10.6 Å². The highest BCUT2D eigenvalue weighted by atomic mass is 16.2. The van der Waals surface area contributed by atoms with Gasteiger partial charge in [-0.25, -0.2) is 0 Å². The van der Waals surface area contributed by atoms with Crippen LogP contribution in [0.25, 0.3) is 0 Å². The number of fused-ring (bicyclic) bond motifs is 1. The Morgan fingerprint density at radius 2 is 2.35 bits per heavy atom. The van der Waals surface area contributed by atoms with Gasteiger partial charge in [0, 0.05) is 24.6 Å². The second-order valence-corrected chi connectivity index (χ2v) is 3.73. The number of carbonyl (C=O) groups is 2. The lowest BCUT2D eigenvalue weighted by molar-refractivity contribution is -0.118. The predicted molar refractivity (Wildman–Crippen MR) is 63.2 cm³/mol. The van der Waals surface area contributed by atoms with Crippen LogP contribution in [-0.4, -0.2) is 18.4 Å². The maximum Gasteiger partial charge on any atom is 0.251 e. The molecule has 2 rings (SSSR count). The lowest BCUT2D eigenvalue weighted by Gasteiger charge is -1.98. The molecule has 0 bridgehead atoms. The first kappa shape index (κ1) is 11.2. The second-order valence-electron chi connectivity index (χ2n) is 3.73. The van der Waals surface area contributed by atoms with Gasteiger partial charge in [-0.1, -0.05) is 17.9 Å². The van der Waals surface area contributed by atoms with Gasteiger partial charge in [-0.15, -0.1) is 0 Å². The molecule has 1 aliphatic rings. The molecule has 0 aromatic heterocycles. The molecule has 1 aliphatic heterocycles. The Labute approximate surface area is 99.4 Å². The summed E-state index contributed by atoms with van der Waals surface area (Å²) in [6, 6.07) is 5.47. The summed E-state index contributed by atoms with van der Waals surface area (Å²) in [5.41, 5.74) is 2.47. The Morgan fingerprint density at radius 1 is 1.53 bits per heavy atom. The molecule has 0 atom stereocenters. The second kappa shape index (κ2) is 4.71. The topological polar surface area (TPSA) is 58.2 Å². The van der Waals surface area contributed by atoms with Crippen LogP contribution >= 0.6 is 0 Å². The van der Waals surface area contributed by atoms with E-state index in [2.05, 4.69) is 22.5 Å². The maximum atomic E-state index is 11.4. The highest BCUT2D eigenvalue weighted by Gasteiger charge is 2.20. The van der Waals surface area contributed by atoms with Gasteiger partial charge in [0.2, 0.25) is 5.91 Å². The first-order valence-electron chi connectivity index (χ1n) is 5.32. The van der Waals surface area contributed by atoms with Gasteiger partial charge in [0.25, 0.3) is 5.91 Å². The van der Waals surface area contributed by atoms with Gasteiger partial charge in [-0.2, -0.15) is 0 Å². The summed E-state index contributed by atoms with van der Waals surface area (Å²) in [6.07, 6.45) is 0. The zero-order chi connectivity index (χ0) is 12.3. The lowest BCUT2D eigenvalue weighted by atomic mass is 10.0. The SMILES string of the molecule is CC(=O)NCC#Cc1cccc2c1CNC2=O. The number of rotatable bonds is 1. The van der Waals surface area contributed by atoms with Crippen LogP contribution in [-0.2, 0) is 11.3 Å². The smallest absolute Gasteiger partial charge is 0.251 e. The fourth-order valence-corrected chi connectivity index (χ4v) is 1.68. The van der Waals surface area contributed by atoms with Crippen molar-refractivity contribution >= 4 is 11.8 Å². The summed E-state index contributed by atoms with van der Waals surface area (Å²) in [5, 5.41) is 5.35. The van der Waals surface area contributed by atoms with Crippen molar-refractivity contribution in [2.45, 2.75) is 13.5 Å². The average molecular weight is 228 g/mol. The molecule has 0 radical (unpaired) electrons. The van der Waals surface area contributed by atoms with Crippen LogP contribution in [0.4, 0.5) is 0 Å². The summed E-state index contributed by atoms with van der Waals surface area (Å²) in [5.74, 6) is 5.67. The van der Waals surface area contributed by atoms with Gasteiger partial charge in [0.1, 0.15) is 0 Å². The number of hydrogen-bond acceptors (Lipinski definition) is 2. The zero-order valence-electron chi connectivity index (χ0n) is 9.46. The highest BCUT2D eigenvalue weighted by molar-refractivity contribution is 5.99. The van der Waals surface area contributed by atoms with E-state index in [-0.39, 0.29) is 11.8 Å². The van der Waals surface area contributed by atoms with Crippen molar-refractivity contribution in [2.24, 2.45) is 0 Å². The average Bonchev–Trinajstić information content (AvgIpc) is 2.67. The Morgan fingerprint density at radius 3 is 3.12 bits per heavy atom. The molecule has 1 heterocycles. The van der Waals surface area contributed by atoms with E-state index in [1.54, 1.807) is 6.07 Å². The van der Waals surface area contributed by atoms with E-state index >= 15 is 0 Å². The Bertz CT molecular complexity index is 538. The third-order valence-electron chi connectivity index (χ3n) is 2.50. The van der Waals surface area contributed by atoms with Crippen LogP contribution < -0.4 is 10.6 Å². The van der Waals surface area contributed by atoms with Crippen LogP contribution in [0.5, 0.6) is 0 Å². The minimum Gasteiger partial charge on any atom is -0.348 e. The molecule has 0 saturated heterocycles. The summed E-state index contributed by atoms with van der Waals surface area (Å²) in [7, 11) is 0. The molecule has 1 aromatic rings. The van der Waals surface area contributed by atoms with Crippen molar-refractivity contribution in [3.8, 4) is 11.8 Å².